The summed E-state index contributed by atoms with van der Waals surface area (Å²) < 4.78 is 5.55. The third-order valence-corrected chi connectivity index (χ3v) is 15.2. The van der Waals surface area contributed by atoms with Gasteiger partial charge in [0.15, 0.2) is 0 Å². The average Bonchev–Trinajstić information content (AvgIpc) is 3.41. The minimum atomic E-state index is 0.489. The van der Waals surface area contributed by atoms with E-state index in [1.165, 1.54) is 100 Å². The standard InChI is InChI=1S/C67H63N3O/c1-4-49(51-26-32-60(33-27-51)69(64-42-44-67(71-3)45-43-64)63-40-38-62(39-41-63)68(58-14-7-5-8-15-58)59-16-9-6-10-17-59)13-11-12-48(2)50-18-20-52(21-19-50)53-28-34-61(35-29-53)70(65-36-30-54-22-24-56(54)46-65)66-37-31-55-23-25-57(55)47-66/h5-10,14-21,26-49H,4,11-13,22-25H2,1-3H3. The molecule has 0 radical (unpaired) electrons. The zero-order valence-electron chi connectivity index (χ0n) is 41.3. The number of para-hydroxylation sites is 2. The first-order valence-electron chi connectivity index (χ1n) is 25.8. The SMILES string of the molecule is CCC(CCCC(C)c1ccc(-c2ccc(N(c3ccc4c(c3)CC4)c3ccc4c(c3)CC4)cc2)cc1)c1ccc(N(c2ccc(OC)cc2)c2ccc(N(c3ccccc3)c3ccccc3)cc2)cc1. The minimum Gasteiger partial charge on any atom is -0.497 e. The van der Waals surface area contributed by atoms with E-state index in [1.54, 1.807) is 7.11 Å². The van der Waals surface area contributed by atoms with Crippen LogP contribution in [0.1, 0.15) is 84.7 Å². The molecule has 2 aliphatic carbocycles. The number of aryl methyl sites for hydroxylation is 4. The van der Waals surface area contributed by atoms with Crippen LogP contribution in [-0.2, 0) is 25.7 Å². The van der Waals surface area contributed by atoms with Crippen molar-refractivity contribution in [3.63, 3.8) is 0 Å². The minimum absolute atomic E-state index is 0.489. The normalized spacial score (nSPS) is 13.2. The molecule has 2 atom stereocenters. The van der Waals surface area contributed by atoms with E-state index in [9.17, 15) is 0 Å². The van der Waals surface area contributed by atoms with Crippen molar-refractivity contribution in [2.75, 3.05) is 21.8 Å². The summed E-state index contributed by atoms with van der Waals surface area (Å²) in [5.74, 6) is 1.83. The molecule has 0 amide bonds. The van der Waals surface area contributed by atoms with Gasteiger partial charge in [-0.2, -0.15) is 0 Å². The van der Waals surface area contributed by atoms with Crippen LogP contribution < -0.4 is 19.4 Å². The maximum Gasteiger partial charge on any atom is 0.119 e. The van der Waals surface area contributed by atoms with Crippen LogP contribution in [0, 0.1) is 0 Å². The summed E-state index contributed by atoms with van der Waals surface area (Å²) in [6.07, 6.45) is 9.39. The Bertz CT molecular complexity index is 3090. The smallest absolute Gasteiger partial charge is 0.119 e. The summed E-state index contributed by atoms with van der Waals surface area (Å²) >= 11 is 0. The lowest BCUT2D eigenvalue weighted by Crippen LogP contribution is -2.15. The van der Waals surface area contributed by atoms with Gasteiger partial charge in [-0.05, 0) is 223 Å². The third kappa shape index (κ3) is 9.72. The fourth-order valence-electron chi connectivity index (χ4n) is 10.8. The lowest BCUT2D eigenvalue weighted by atomic mass is 9.87. The van der Waals surface area contributed by atoms with Gasteiger partial charge in [0.2, 0.25) is 0 Å². The molecule has 0 aromatic heterocycles. The quantitative estimate of drug-likeness (QED) is 0.0853. The Labute approximate surface area is 421 Å². The molecule has 0 N–H and O–H groups in total. The molecule has 0 aliphatic heterocycles. The number of hydrogen-bond acceptors (Lipinski definition) is 4. The predicted octanol–water partition coefficient (Wildman–Crippen LogP) is 18.4. The highest BCUT2D eigenvalue weighted by Gasteiger charge is 2.22. The molecule has 0 saturated heterocycles. The van der Waals surface area contributed by atoms with E-state index in [0.29, 0.717) is 11.8 Å². The van der Waals surface area contributed by atoms with Crippen molar-refractivity contribution in [3.8, 4) is 16.9 Å². The number of rotatable bonds is 18. The van der Waals surface area contributed by atoms with E-state index >= 15 is 0 Å². The maximum absolute atomic E-state index is 5.55. The number of nitrogens with zero attached hydrogens (tertiary/aromatic N) is 3. The zero-order valence-corrected chi connectivity index (χ0v) is 41.3. The van der Waals surface area contributed by atoms with Gasteiger partial charge in [0, 0.05) is 51.2 Å². The first-order valence-corrected chi connectivity index (χ1v) is 25.8. The topological polar surface area (TPSA) is 19.0 Å². The average molecular weight is 926 g/mol. The summed E-state index contributed by atoms with van der Waals surface area (Å²) in [7, 11) is 1.72. The van der Waals surface area contributed by atoms with Crippen LogP contribution in [0.5, 0.6) is 5.75 Å². The van der Waals surface area contributed by atoms with Crippen molar-refractivity contribution in [1.29, 1.82) is 0 Å². The Morgan fingerprint density at radius 2 is 0.746 bits per heavy atom. The van der Waals surface area contributed by atoms with Gasteiger partial charge in [-0.3, -0.25) is 0 Å². The van der Waals surface area contributed by atoms with Crippen LogP contribution >= 0.6 is 0 Å². The molecule has 11 rings (SSSR count). The molecule has 0 heterocycles. The molecule has 4 heteroatoms. The van der Waals surface area contributed by atoms with Gasteiger partial charge in [-0.25, -0.2) is 0 Å². The van der Waals surface area contributed by atoms with Gasteiger partial charge in [0.25, 0.3) is 0 Å². The molecule has 9 aromatic rings. The molecule has 352 valence electrons. The molecule has 0 bridgehead atoms. The molecule has 71 heavy (non-hydrogen) atoms. The molecule has 0 spiro atoms. The molecule has 2 aliphatic rings. The van der Waals surface area contributed by atoms with Crippen molar-refractivity contribution < 1.29 is 4.74 Å². The fraction of sp³-hybridized carbons (Fsp3) is 0.194. The van der Waals surface area contributed by atoms with Gasteiger partial charge in [-0.15, -0.1) is 0 Å². The Hall–Kier alpha value is -7.82. The molecule has 0 fully saturated rings. The van der Waals surface area contributed by atoms with Crippen molar-refractivity contribution >= 4 is 51.2 Å². The molecule has 9 aromatic carbocycles. The van der Waals surface area contributed by atoms with Gasteiger partial charge in [0.05, 0.1) is 7.11 Å². The molecular formula is C67H63N3O. The van der Waals surface area contributed by atoms with Crippen LogP contribution in [0.25, 0.3) is 11.1 Å². The predicted molar refractivity (Wildman–Crippen MR) is 299 cm³/mol. The van der Waals surface area contributed by atoms with E-state index in [4.69, 9.17) is 4.74 Å². The summed E-state index contributed by atoms with van der Waals surface area (Å²) in [5, 5.41) is 0. The van der Waals surface area contributed by atoms with Crippen LogP contribution in [0.15, 0.2) is 218 Å². The largest absolute Gasteiger partial charge is 0.497 e. The van der Waals surface area contributed by atoms with Crippen molar-refractivity contribution in [1.82, 2.24) is 0 Å². The molecular weight excluding hydrogens is 863 g/mol. The third-order valence-electron chi connectivity index (χ3n) is 15.2. The number of ether oxygens (including phenoxy) is 1. The van der Waals surface area contributed by atoms with Crippen LogP contribution in [-0.4, -0.2) is 7.11 Å². The van der Waals surface area contributed by atoms with Crippen molar-refractivity contribution in [3.05, 3.63) is 252 Å². The van der Waals surface area contributed by atoms with Gasteiger partial charge in [0.1, 0.15) is 5.75 Å². The molecule has 4 nitrogen and oxygen atoms in total. The van der Waals surface area contributed by atoms with Crippen molar-refractivity contribution in [2.24, 2.45) is 0 Å². The number of benzene rings is 9. The Kier molecular flexibility index (Phi) is 13.3. The maximum atomic E-state index is 5.55. The fourth-order valence-corrected chi connectivity index (χ4v) is 10.8. The molecule has 2 unspecified atom stereocenters. The van der Waals surface area contributed by atoms with Gasteiger partial charge < -0.3 is 19.4 Å². The van der Waals surface area contributed by atoms with Crippen molar-refractivity contribution in [2.45, 2.75) is 77.0 Å². The highest BCUT2D eigenvalue weighted by molar-refractivity contribution is 5.82. The summed E-state index contributed by atoms with van der Waals surface area (Å²) in [6.45, 7) is 4.73. The Balaban J connectivity index is 0.749. The van der Waals surface area contributed by atoms with Gasteiger partial charge >= 0.3 is 0 Å². The highest BCUT2D eigenvalue weighted by Crippen LogP contribution is 2.43. The number of anilines is 9. The first kappa shape index (κ1) is 45.6. The lowest BCUT2D eigenvalue weighted by Gasteiger charge is -2.30. The summed E-state index contributed by atoms with van der Waals surface area (Å²) in [6, 6.07) is 80.3. The van der Waals surface area contributed by atoms with Crippen LogP contribution in [0.3, 0.4) is 0 Å². The second-order valence-corrected chi connectivity index (χ2v) is 19.5. The van der Waals surface area contributed by atoms with Gasteiger partial charge in [-0.1, -0.05) is 117 Å². The Morgan fingerprint density at radius 3 is 1.17 bits per heavy atom. The van der Waals surface area contributed by atoms with E-state index in [-0.39, 0.29) is 0 Å². The lowest BCUT2D eigenvalue weighted by molar-refractivity contribution is 0.415. The summed E-state index contributed by atoms with van der Waals surface area (Å²) in [5.41, 5.74) is 21.6. The van der Waals surface area contributed by atoms with E-state index in [0.717, 1.165) is 52.7 Å². The number of methoxy groups -OCH3 is 1. The number of fused-ring (bicyclic) bond motifs is 2. The Morgan fingerprint density at radius 1 is 0.380 bits per heavy atom. The monoisotopic (exact) mass is 925 g/mol. The van der Waals surface area contributed by atoms with Crippen LogP contribution in [0.2, 0.25) is 0 Å². The number of hydrogen-bond donors (Lipinski definition) is 0. The van der Waals surface area contributed by atoms with E-state index in [2.05, 4.69) is 235 Å². The van der Waals surface area contributed by atoms with Crippen LogP contribution in [0.4, 0.5) is 51.2 Å². The second-order valence-electron chi connectivity index (χ2n) is 19.5. The zero-order chi connectivity index (χ0) is 48.1. The second kappa shape index (κ2) is 20.6. The molecule has 0 saturated carbocycles. The first-order chi connectivity index (χ1) is 35.0. The summed E-state index contributed by atoms with van der Waals surface area (Å²) in [4.78, 5) is 7.08. The van der Waals surface area contributed by atoms with E-state index < -0.39 is 0 Å². The highest BCUT2D eigenvalue weighted by atomic mass is 16.5. The van der Waals surface area contributed by atoms with E-state index in [1.807, 2.05) is 12.1 Å².